The number of carbonyl (C=O) groups is 1. The summed E-state index contributed by atoms with van der Waals surface area (Å²) in [5.74, 6) is 0.257. The van der Waals surface area contributed by atoms with Gasteiger partial charge in [-0.3, -0.25) is 9.48 Å². The Kier molecular flexibility index (Phi) is 3.49. The smallest absolute Gasteiger partial charge is 0.183 e. The summed E-state index contributed by atoms with van der Waals surface area (Å²) in [5.41, 5.74) is 2.86. The van der Waals surface area contributed by atoms with E-state index in [9.17, 15) is 4.79 Å². The molecule has 0 amide bonds. The van der Waals surface area contributed by atoms with Crippen LogP contribution in [-0.2, 0) is 6.54 Å². The number of carbonyl (C=O) groups excluding carboxylic acids is 1. The van der Waals surface area contributed by atoms with Crippen molar-refractivity contribution in [2.45, 2.75) is 25.8 Å². The molecular weight excluding hydrogens is 274 g/mol. The summed E-state index contributed by atoms with van der Waals surface area (Å²) in [6.45, 7) is 3.39. The van der Waals surface area contributed by atoms with Gasteiger partial charge in [0.2, 0.25) is 0 Å². The minimum Gasteiger partial charge on any atom is -0.384 e. The molecule has 5 heteroatoms. The molecule has 104 valence electrons. The van der Waals surface area contributed by atoms with E-state index in [2.05, 4.69) is 16.5 Å². The standard InChI is InChI=1S/C15H16ClN3O/c1-2-19-15(12(16)9-18-19)14(20)7-10-8-17-13-6-4-3-5-11(10)13/h3-6,9-10,17H,2,7-8H2,1H3. The molecule has 1 atom stereocenters. The normalized spacial score (nSPS) is 16.8. The first kappa shape index (κ1) is 13.2. The topological polar surface area (TPSA) is 46.9 Å². The molecule has 1 N–H and O–H groups in total. The number of hydrogen-bond donors (Lipinski definition) is 1. The fourth-order valence-electron chi connectivity index (χ4n) is 2.74. The molecule has 1 aromatic carbocycles. The maximum absolute atomic E-state index is 12.5. The summed E-state index contributed by atoms with van der Waals surface area (Å²) in [6.07, 6.45) is 1.99. The number of fused-ring (bicyclic) bond motifs is 1. The molecule has 2 heterocycles. The fourth-order valence-corrected chi connectivity index (χ4v) is 2.99. The van der Waals surface area contributed by atoms with Gasteiger partial charge in [-0.05, 0) is 18.6 Å². The predicted octanol–water partition coefficient (Wildman–Crippen LogP) is 3.34. The number of Topliss-reactive ketones (excluding diaryl/α,β-unsaturated/α-hetero) is 1. The Morgan fingerprint density at radius 2 is 2.30 bits per heavy atom. The van der Waals surface area contributed by atoms with Crippen LogP contribution in [0.25, 0.3) is 0 Å². The summed E-state index contributed by atoms with van der Waals surface area (Å²) in [5, 5.41) is 7.90. The SMILES string of the molecule is CCn1ncc(Cl)c1C(=O)CC1CNc2ccccc21. The van der Waals surface area contributed by atoms with Gasteiger partial charge >= 0.3 is 0 Å². The zero-order valence-corrected chi connectivity index (χ0v) is 12.0. The van der Waals surface area contributed by atoms with Gasteiger partial charge in [0.1, 0.15) is 5.69 Å². The number of ketones is 1. The molecule has 0 aliphatic carbocycles. The molecule has 1 aliphatic rings. The Morgan fingerprint density at radius 3 is 3.10 bits per heavy atom. The van der Waals surface area contributed by atoms with Crippen molar-refractivity contribution in [1.29, 1.82) is 0 Å². The minimum absolute atomic E-state index is 0.0536. The lowest BCUT2D eigenvalue weighted by atomic mass is 9.95. The molecule has 1 aliphatic heterocycles. The molecule has 2 aromatic rings. The lowest BCUT2D eigenvalue weighted by Crippen LogP contribution is -2.14. The third-order valence-corrected chi connectivity index (χ3v) is 4.01. The Morgan fingerprint density at radius 1 is 1.50 bits per heavy atom. The first-order valence-electron chi connectivity index (χ1n) is 6.78. The molecule has 0 saturated heterocycles. The van der Waals surface area contributed by atoms with Crippen LogP contribution < -0.4 is 5.32 Å². The van der Waals surface area contributed by atoms with Crippen molar-refractivity contribution in [2.75, 3.05) is 11.9 Å². The van der Waals surface area contributed by atoms with E-state index in [1.54, 1.807) is 10.9 Å². The van der Waals surface area contributed by atoms with Crippen LogP contribution in [0.1, 0.15) is 35.3 Å². The zero-order valence-electron chi connectivity index (χ0n) is 11.3. The van der Waals surface area contributed by atoms with E-state index in [1.807, 2.05) is 25.1 Å². The molecule has 20 heavy (non-hydrogen) atoms. The van der Waals surface area contributed by atoms with Gasteiger partial charge in [-0.25, -0.2) is 0 Å². The van der Waals surface area contributed by atoms with Gasteiger partial charge in [0, 0.05) is 31.1 Å². The van der Waals surface area contributed by atoms with Crippen molar-refractivity contribution < 1.29 is 4.79 Å². The summed E-state index contributed by atoms with van der Waals surface area (Å²) in [4.78, 5) is 12.5. The van der Waals surface area contributed by atoms with Crippen LogP contribution in [0.3, 0.4) is 0 Å². The van der Waals surface area contributed by atoms with Crippen LogP contribution in [0, 0.1) is 0 Å². The number of aryl methyl sites for hydroxylation is 1. The monoisotopic (exact) mass is 289 g/mol. The van der Waals surface area contributed by atoms with Crippen LogP contribution >= 0.6 is 11.6 Å². The quantitative estimate of drug-likeness (QED) is 0.878. The number of benzene rings is 1. The van der Waals surface area contributed by atoms with Crippen LogP contribution in [0.4, 0.5) is 5.69 Å². The highest BCUT2D eigenvalue weighted by Crippen LogP contribution is 2.34. The Hall–Kier alpha value is -1.81. The third-order valence-electron chi connectivity index (χ3n) is 3.73. The molecular formula is C15H16ClN3O. The minimum atomic E-state index is 0.0536. The summed E-state index contributed by atoms with van der Waals surface area (Å²) in [7, 11) is 0. The second-order valence-corrected chi connectivity index (χ2v) is 5.36. The Bertz CT molecular complexity index is 650. The molecule has 0 bridgehead atoms. The first-order chi connectivity index (χ1) is 9.70. The van der Waals surface area contributed by atoms with E-state index >= 15 is 0 Å². The van der Waals surface area contributed by atoms with Gasteiger partial charge in [-0.15, -0.1) is 0 Å². The van der Waals surface area contributed by atoms with Gasteiger partial charge in [0.25, 0.3) is 0 Å². The highest BCUT2D eigenvalue weighted by Gasteiger charge is 2.26. The number of hydrogen-bond acceptors (Lipinski definition) is 3. The van der Waals surface area contributed by atoms with Gasteiger partial charge in [0.05, 0.1) is 11.2 Å². The molecule has 0 spiro atoms. The average molecular weight is 290 g/mol. The number of anilines is 1. The van der Waals surface area contributed by atoms with Crippen LogP contribution in [-0.4, -0.2) is 22.1 Å². The number of nitrogens with one attached hydrogen (secondary N) is 1. The predicted molar refractivity (Wildman–Crippen MR) is 79.5 cm³/mol. The maximum atomic E-state index is 12.5. The first-order valence-corrected chi connectivity index (χ1v) is 7.15. The number of nitrogens with zero attached hydrogens (tertiary/aromatic N) is 2. The average Bonchev–Trinajstić information content (AvgIpc) is 3.03. The third kappa shape index (κ3) is 2.20. The van der Waals surface area contributed by atoms with Gasteiger partial charge in [-0.1, -0.05) is 29.8 Å². The molecule has 3 rings (SSSR count). The van der Waals surface area contributed by atoms with Gasteiger partial charge in [0.15, 0.2) is 5.78 Å². The lowest BCUT2D eigenvalue weighted by Gasteiger charge is -2.10. The molecule has 0 radical (unpaired) electrons. The molecule has 1 aromatic heterocycles. The van der Waals surface area contributed by atoms with Crippen molar-refractivity contribution in [1.82, 2.24) is 9.78 Å². The molecule has 0 fully saturated rings. The lowest BCUT2D eigenvalue weighted by molar-refractivity contribution is 0.0965. The van der Waals surface area contributed by atoms with E-state index < -0.39 is 0 Å². The number of halogens is 1. The van der Waals surface area contributed by atoms with Crippen molar-refractivity contribution in [3.63, 3.8) is 0 Å². The zero-order chi connectivity index (χ0) is 14.1. The molecule has 1 unspecified atom stereocenters. The van der Waals surface area contributed by atoms with Gasteiger partial charge in [-0.2, -0.15) is 5.10 Å². The van der Waals surface area contributed by atoms with Gasteiger partial charge < -0.3 is 5.32 Å². The second kappa shape index (κ2) is 5.29. The number of aromatic nitrogens is 2. The highest BCUT2D eigenvalue weighted by molar-refractivity contribution is 6.33. The van der Waals surface area contributed by atoms with Crippen molar-refractivity contribution in [3.05, 3.63) is 46.7 Å². The largest absolute Gasteiger partial charge is 0.384 e. The van der Waals surface area contributed by atoms with Crippen molar-refractivity contribution in [2.24, 2.45) is 0 Å². The number of para-hydroxylation sites is 1. The number of rotatable bonds is 4. The second-order valence-electron chi connectivity index (χ2n) is 4.95. The van der Waals surface area contributed by atoms with E-state index in [-0.39, 0.29) is 11.7 Å². The molecule has 4 nitrogen and oxygen atoms in total. The van der Waals surface area contributed by atoms with Crippen LogP contribution in [0.2, 0.25) is 5.02 Å². The van der Waals surface area contributed by atoms with E-state index in [4.69, 9.17) is 11.6 Å². The van der Waals surface area contributed by atoms with E-state index in [1.165, 1.54) is 5.56 Å². The summed E-state index contributed by atoms with van der Waals surface area (Å²) < 4.78 is 1.67. The van der Waals surface area contributed by atoms with E-state index in [0.29, 0.717) is 23.7 Å². The van der Waals surface area contributed by atoms with Crippen molar-refractivity contribution >= 4 is 23.1 Å². The Labute approximate surface area is 122 Å². The maximum Gasteiger partial charge on any atom is 0.183 e. The van der Waals surface area contributed by atoms with Crippen LogP contribution in [0.15, 0.2) is 30.5 Å². The summed E-state index contributed by atoms with van der Waals surface area (Å²) >= 11 is 6.08. The molecule has 0 saturated carbocycles. The van der Waals surface area contributed by atoms with Crippen molar-refractivity contribution in [3.8, 4) is 0 Å². The van der Waals surface area contributed by atoms with E-state index in [0.717, 1.165) is 12.2 Å². The Balaban J connectivity index is 1.82. The summed E-state index contributed by atoms with van der Waals surface area (Å²) in [6, 6.07) is 8.13. The fraction of sp³-hybridized carbons (Fsp3) is 0.333. The van der Waals surface area contributed by atoms with Crippen LogP contribution in [0.5, 0.6) is 0 Å². The highest BCUT2D eigenvalue weighted by atomic mass is 35.5.